The number of hydrogen-bond donors (Lipinski definition) is 0. The third-order valence-electron chi connectivity index (χ3n) is 5.03. The summed E-state index contributed by atoms with van der Waals surface area (Å²) in [6.07, 6.45) is 1.89. The number of para-hydroxylation sites is 1. The zero-order valence-electron chi connectivity index (χ0n) is 15.8. The molecule has 0 aliphatic carbocycles. The highest BCUT2D eigenvalue weighted by molar-refractivity contribution is 7.18. The quantitative estimate of drug-likeness (QED) is 0.322. The molecule has 27 heavy (non-hydrogen) atoms. The molecular weight excluding hydrogens is 352 g/mol. The van der Waals surface area contributed by atoms with Gasteiger partial charge in [0, 0.05) is 22.5 Å². The van der Waals surface area contributed by atoms with Crippen molar-refractivity contribution in [3.8, 4) is 11.3 Å². The summed E-state index contributed by atoms with van der Waals surface area (Å²) in [4.78, 5) is 9.33. The second kappa shape index (κ2) is 5.64. The van der Waals surface area contributed by atoms with Crippen molar-refractivity contribution in [2.24, 2.45) is 0 Å². The maximum absolute atomic E-state index is 6.39. The van der Waals surface area contributed by atoms with E-state index in [2.05, 4.69) is 68.2 Å². The van der Waals surface area contributed by atoms with Crippen LogP contribution in [0.3, 0.4) is 0 Å². The molecule has 0 aliphatic heterocycles. The van der Waals surface area contributed by atoms with Crippen molar-refractivity contribution in [3.63, 3.8) is 0 Å². The first kappa shape index (κ1) is 16.5. The van der Waals surface area contributed by atoms with Gasteiger partial charge in [-0.15, -0.1) is 11.3 Å². The van der Waals surface area contributed by atoms with Crippen molar-refractivity contribution in [1.29, 1.82) is 0 Å². The molecule has 5 rings (SSSR count). The molecule has 5 aromatic rings. The van der Waals surface area contributed by atoms with Crippen LogP contribution in [-0.4, -0.2) is 9.97 Å². The van der Waals surface area contributed by atoms with Crippen molar-refractivity contribution >= 4 is 43.5 Å². The minimum absolute atomic E-state index is 0.0732. The Morgan fingerprint density at radius 2 is 1.78 bits per heavy atom. The highest BCUT2D eigenvalue weighted by Gasteiger charge is 2.18. The zero-order valence-corrected chi connectivity index (χ0v) is 16.6. The van der Waals surface area contributed by atoms with Crippen molar-refractivity contribution in [2.45, 2.75) is 33.1 Å². The van der Waals surface area contributed by atoms with Gasteiger partial charge in [-0.3, -0.25) is 4.98 Å². The number of rotatable bonds is 1. The predicted octanol–water partition coefficient (Wildman–Crippen LogP) is 6.86. The van der Waals surface area contributed by atoms with Gasteiger partial charge in [-0.1, -0.05) is 32.9 Å². The summed E-state index contributed by atoms with van der Waals surface area (Å²) in [5, 5.41) is 3.27. The third kappa shape index (κ3) is 2.55. The SMILES string of the molecule is Cc1nc2c(ccc3c4cccc(-c5cc(C(C)(C)C)ccn5)c4oc32)s1. The number of aryl methyl sites for hydroxylation is 1. The minimum atomic E-state index is 0.0732. The summed E-state index contributed by atoms with van der Waals surface area (Å²) >= 11 is 1.70. The number of thiazole rings is 1. The highest BCUT2D eigenvalue weighted by atomic mass is 32.1. The molecule has 3 heterocycles. The Bertz CT molecular complexity index is 1320. The molecule has 2 aromatic carbocycles. The first-order valence-electron chi connectivity index (χ1n) is 9.10. The van der Waals surface area contributed by atoms with Crippen LogP contribution in [0.1, 0.15) is 31.3 Å². The average molecular weight is 372 g/mol. The molecule has 0 N–H and O–H groups in total. The zero-order chi connectivity index (χ0) is 18.8. The molecule has 3 nitrogen and oxygen atoms in total. The Morgan fingerprint density at radius 1 is 0.963 bits per heavy atom. The summed E-state index contributed by atoms with van der Waals surface area (Å²) in [6, 6.07) is 14.8. The Morgan fingerprint density at radius 3 is 2.59 bits per heavy atom. The van der Waals surface area contributed by atoms with Crippen LogP contribution in [0.25, 0.3) is 43.4 Å². The van der Waals surface area contributed by atoms with Crippen molar-refractivity contribution in [1.82, 2.24) is 9.97 Å². The fourth-order valence-electron chi connectivity index (χ4n) is 3.60. The van der Waals surface area contributed by atoms with Gasteiger partial charge >= 0.3 is 0 Å². The summed E-state index contributed by atoms with van der Waals surface area (Å²) in [5.41, 5.74) is 6.00. The van der Waals surface area contributed by atoms with Crippen molar-refractivity contribution in [3.05, 3.63) is 59.2 Å². The lowest BCUT2D eigenvalue weighted by molar-refractivity contribution is 0.589. The van der Waals surface area contributed by atoms with E-state index < -0.39 is 0 Å². The standard InChI is InChI=1S/C23H20N2OS/c1-13-25-20-19(27-13)9-8-16-15-6-5-7-17(21(15)26-22(16)20)18-12-14(10-11-24-18)23(2,3)4/h5-12H,1-4H3. The highest BCUT2D eigenvalue weighted by Crippen LogP contribution is 2.39. The summed E-state index contributed by atoms with van der Waals surface area (Å²) in [6.45, 7) is 8.69. The maximum atomic E-state index is 6.39. The molecule has 0 saturated carbocycles. The largest absolute Gasteiger partial charge is 0.453 e. The Labute approximate surface area is 161 Å². The normalized spacial score (nSPS) is 12.4. The summed E-state index contributed by atoms with van der Waals surface area (Å²) in [7, 11) is 0. The molecule has 0 aliphatic rings. The van der Waals surface area contributed by atoms with E-state index in [-0.39, 0.29) is 5.41 Å². The number of pyridine rings is 1. The van der Waals surface area contributed by atoms with Gasteiger partial charge in [0.05, 0.1) is 15.4 Å². The Kier molecular flexibility index (Phi) is 3.43. The molecule has 0 spiro atoms. The monoisotopic (exact) mass is 372 g/mol. The van der Waals surface area contributed by atoms with Gasteiger partial charge in [0.25, 0.3) is 0 Å². The summed E-state index contributed by atoms with van der Waals surface area (Å²) in [5.74, 6) is 0. The lowest BCUT2D eigenvalue weighted by atomic mass is 9.87. The van der Waals surface area contributed by atoms with E-state index >= 15 is 0 Å². The first-order valence-corrected chi connectivity index (χ1v) is 9.92. The Balaban J connectivity index is 1.82. The lowest BCUT2D eigenvalue weighted by Gasteiger charge is -2.19. The Hall–Kier alpha value is -2.72. The van der Waals surface area contributed by atoms with E-state index in [0.717, 1.165) is 48.4 Å². The maximum Gasteiger partial charge on any atom is 0.162 e. The van der Waals surface area contributed by atoms with Crippen molar-refractivity contribution in [2.75, 3.05) is 0 Å². The van der Waals surface area contributed by atoms with Crippen LogP contribution in [0.2, 0.25) is 0 Å². The number of aromatic nitrogens is 2. The molecule has 4 heteroatoms. The molecule has 0 amide bonds. The van der Waals surface area contributed by atoms with Gasteiger partial charge in [0.2, 0.25) is 0 Å². The molecule has 0 bridgehead atoms. The third-order valence-corrected chi connectivity index (χ3v) is 5.97. The first-order chi connectivity index (χ1) is 12.9. The van der Waals surface area contributed by atoms with Crippen LogP contribution in [0.15, 0.2) is 53.1 Å². The molecule has 0 radical (unpaired) electrons. The van der Waals surface area contributed by atoms with E-state index in [1.165, 1.54) is 5.56 Å². The molecule has 0 atom stereocenters. The van der Waals surface area contributed by atoms with Gasteiger partial charge in [0.1, 0.15) is 11.1 Å². The molecule has 134 valence electrons. The van der Waals surface area contributed by atoms with Crippen LogP contribution < -0.4 is 0 Å². The number of furan rings is 1. The van der Waals surface area contributed by atoms with Crippen LogP contribution in [0.4, 0.5) is 0 Å². The van der Waals surface area contributed by atoms with E-state index in [4.69, 9.17) is 9.40 Å². The van der Waals surface area contributed by atoms with Crippen LogP contribution >= 0.6 is 11.3 Å². The average Bonchev–Trinajstić information content (AvgIpc) is 3.20. The minimum Gasteiger partial charge on any atom is -0.453 e. The fraction of sp³-hybridized carbons (Fsp3) is 0.217. The number of benzene rings is 2. The van der Waals surface area contributed by atoms with Crippen LogP contribution in [0, 0.1) is 6.92 Å². The topological polar surface area (TPSA) is 38.9 Å². The van der Waals surface area contributed by atoms with Gasteiger partial charge in [-0.05, 0) is 48.2 Å². The molecular formula is C23H20N2OS. The van der Waals surface area contributed by atoms with Gasteiger partial charge in [-0.25, -0.2) is 4.98 Å². The van der Waals surface area contributed by atoms with Gasteiger partial charge in [-0.2, -0.15) is 0 Å². The van der Waals surface area contributed by atoms with Crippen molar-refractivity contribution < 1.29 is 4.42 Å². The number of fused-ring (bicyclic) bond motifs is 5. The molecule has 3 aromatic heterocycles. The van der Waals surface area contributed by atoms with E-state index in [1.54, 1.807) is 11.3 Å². The lowest BCUT2D eigenvalue weighted by Crippen LogP contribution is -2.11. The molecule has 0 saturated heterocycles. The van der Waals surface area contributed by atoms with E-state index in [9.17, 15) is 0 Å². The summed E-state index contributed by atoms with van der Waals surface area (Å²) < 4.78 is 7.55. The number of hydrogen-bond acceptors (Lipinski definition) is 4. The fourth-order valence-corrected chi connectivity index (χ4v) is 4.43. The molecule has 0 fully saturated rings. The van der Waals surface area contributed by atoms with Gasteiger partial charge < -0.3 is 4.42 Å². The molecule has 0 unspecified atom stereocenters. The number of nitrogens with zero attached hydrogens (tertiary/aromatic N) is 2. The van der Waals surface area contributed by atoms with Crippen LogP contribution in [0.5, 0.6) is 0 Å². The predicted molar refractivity (Wildman–Crippen MR) is 114 cm³/mol. The van der Waals surface area contributed by atoms with E-state index in [0.29, 0.717) is 0 Å². The van der Waals surface area contributed by atoms with Gasteiger partial charge in [0.15, 0.2) is 5.58 Å². The second-order valence-electron chi connectivity index (χ2n) is 7.99. The smallest absolute Gasteiger partial charge is 0.162 e. The van der Waals surface area contributed by atoms with Crippen LogP contribution in [-0.2, 0) is 5.41 Å². The second-order valence-corrected chi connectivity index (χ2v) is 9.22. The van der Waals surface area contributed by atoms with E-state index in [1.807, 2.05) is 13.1 Å².